The number of nitrogens with two attached hydrogens (primary N) is 1. The van der Waals surface area contributed by atoms with E-state index >= 15 is 0 Å². The molecule has 1 heterocycles. The second-order valence-corrected chi connectivity index (χ2v) is 4.35. The number of nitrogen functional groups attached to an aromatic ring is 1. The summed E-state index contributed by atoms with van der Waals surface area (Å²) < 4.78 is 1.48. The summed E-state index contributed by atoms with van der Waals surface area (Å²) in [4.78, 5) is 12.3. The van der Waals surface area contributed by atoms with Crippen LogP contribution in [0.1, 0.15) is 10.4 Å². The molecule has 2 aromatic carbocycles. The second-order valence-electron chi connectivity index (χ2n) is 4.35. The van der Waals surface area contributed by atoms with Gasteiger partial charge in [0.05, 0.1) is 11.4 Å². The van der Waals surface area contributed by atoms with Crippen molar-refractivity contribution in [2.75, 3.05) is 11.1 Å². The summed E-state index contributed by atoms with van der Waals surface area (Å²) in [6, 6.07) is 14.0. The van der Waals surface area contributed by atoms with E-state index in [1.807, 2.05) is 18.2 Å². The summed E-state index contributed by atoms with van der Waals surface area (Å²) in [6.07, 6.45) is 1.46. The van der Waals surface area contributed by atoms with Crippen molar-refractivity contribution < 1.29 is 4.79 Å². The Kier molecular flexibility index (Phi) is 3.30. The van der Waals surface area contributed by atoms with Crippen molar-refractivity contribution >= 4 is 17.3 Å². The van der Waals surface area contributed by atoms with E-state index in [1.165, 1.54) is 11.0 Å². The fraction of sp³-hybridized carbons (Fsp3) is 0. The van der Waals surface area contributed by atoms with E-state index < -0.39 is 0 Å². The number of amides is 1. The van der Waals surface area contributed by atoms with Gasteiger partial charge in [-0.25, -0.2) is 0 Å². The fourth-order valence-corrected chi connectivity index (χ4v) is 1.93. The molecule has 1 amide bonds. The summed E-state index contributed by atoms with van der Waals surface area (Å²) in [5.74, 6) is -0.247. The highest BCUT2D eigenvalue weighted by atomic mass is 16.1. The van der Waals surface area contributed by atoms with Crippen molar-refractivity contribution in [2.45, 2.75) is 0 Å². The van der Waals surface area contributed by atoms with Crippen LogP contribution in [0.4, 0.5) is 11.4 Å². The van der Waals surface area contributed by atoms with Crippen molar-refractivity contribution in [3.05, 3.63) is 60.4 Å². The smallest absolute Gasteiger partial charge is 0.255 e. The highest BCUT2D eigenvalue weighted by Gasteiger charge is 2.10. The van der Waals surface area contributed by atoms with Crippen LogP contribution in [-0.2, 0) is 0 Å². The molecular weight excluding hydrogens is 268 g/mol. The van der Waals surface area contributed by atoms with Gasteiger partial charge in [-0.15, -0.1) is 5.10 Å². The van der Waals surface area contributed by atoms with Gasteiger partial charge in [0, 0.05) is 11.3 Å². The molecule has 0 bridgehead atoms. The van der Waals surface area contributed by atoms with Gasteiger partial charge in [0.25, 0.3) is 5.91 Å². The molecule has 0 aliphatic rings. The van der Waals surface area contributed by atoms with E-state index in [0.717, 1.165) is 0 Å². The minimum absolute atomic E-state index is 0.247. The molecule has 21 heavy (non-hydrogen) atoms. The van der Waals surface area contributed by atoms with Crippen LogP contribution >= 0.6 is 0 Å². The summed E-state index contributed by atoms with van der Waals surface area (Å²) in [5.41, 5.74) is 8.00. The lowest BCUT2D eigenvalue weighted by molar-refractivity contribution is 0.102. The van der Waals surface area contributed by atoms with Gasteiger partial charge in [-0.1, -0.05) is 18.2 Å². The first-order valence-corrected chi connectivity index (χ1v) is 6.23. The van der Waals surface area contributed by atoms with Crippen LogP contribution in [0.15, 0.2) is 54.9 Å². The number of tetrazole rings is 1. The van der Waals surface area contributed by atoms with Crippen LogP contribution in [0.25, 0.3) is 5.69 Å². The van der Waals surface area contributed by atoms with Gasteiger partial charge < -0.3 is 11.1 Å². The topological polar surface area (TPSA) is 98.7 Å². The number of hydrogen-bond acceptors (Lipinski definition) is 5. The Labute approximate surface area is 120 Å². The van der Waals surface area contributed by atoms with Gasteiger partial charge in [0.2, 0.25) is 0 Å². The number of carbonyl (C=O) groups is 1. The summed E-state index contributed by atoms with van der Waals surface area (Å²) in [5, 5.41) is 13.8. The number of nitrogens with one attached hydrogen (secondary N) is 1. The standard InChI is InChI=1S/C14H12N6O/c15-11-5-3-4-10(8-11)14(21)17-12-6-1-2-7-13(12)20-9-16-18-19-20/h1-9H,15H2,(H,17,21). The maximum absolute atomic E-state index is 12.3. The van der Waals surface area contributed by atoms with Crippen LogP contribution in [0.2, 0.25) is 0 Å². The Bertz CT molecular complexity index is 769. The zero-order chi connectivity index (χ0) is 14.7. The minimum Gasteiger partial charge on any atom is -0.399 e. The minimum atomic E-state index is -0.247. The van der Waals surface area contributed by atoms with Gasteiger partial charge >= 0.3 is 0 Å². The molecule has 104 valence electrons. The number of aromatic nitrogens is 4. The predicted octanol–water partition coefficient (Wildman–Crippen LogP) is 1.50. The first kappa shape index (κ1) is 12.8. The number of carbonyl (C=O) groups excluding carboxylic acids is 1. The van der Waals surface area contributed by atoms with Gasteiger partial charge in [-0.2, -0.15) is 4.68 Å². The Morgan fingerprint density at radius 1 is 1.14 bits per heavy atom. The third kappa shape index (κ3) is 2.71. The largest absolute Gasteiger partial charge is 0.399 e. The van der Waals surface area contributed by atoms with Crippen molar-refractivity contribution in [2.24, 2.45) is 0 Å². The zero-order valence-electron chi connectivity index (χ0n) is 11.0. The molecule has 0 fully saturated rings. The number of nitrogens with zero attached hydrogens (tertiary/aromatic N) is 4. The number of benzene rings is 2. The van der Waals surface area contributed by atoms with E-state index in [4.69, 9.17) is 5.73 Å². The molecule has 0 radical (unpaired) electrons. The predicted molar refractivity (Wildman–Crippen MR) is 78.0 cm³/mol. The highest BCUT2D eigenvalue weighted by Crippen LogP contribution is 2.19. The van der Waals surface area contributed by atoms with Crippen LogP contribution in [-0.4, -0.2) is 26.1 Å². The van der Waals surface area contributed by atoms with Crippen molar-refractivity contribution in [3.63, 3.8) is 0 Å². The SMILES string of the molecule is Nc1cccc(C(=O)Nc2ccccc2-n2cnnn2)c1. The molecule has 3 N–H and O–H groups in total. The molecule has 0 atom stereocenters. The molecular formula is C14H12N6O. The second kappa shape index (κ2) is 5.41. The summed E-state index contributed by atoms with van der Waals surface area (Å²) in [7, 11) is 0. The Morgan fingerprint density at radius 2 is 2.00 bits per heavy atom. The quantitative estimate of drug-likeness (QED) is 0.708. The zero-order valence-corrected chi connectivity index (χ0v) is 11.0. The average molecular weight is 280 g/mol. The van der Waals surface area contributed by atoms with E-state index in [9.17, 15) is 4.79 Å². The number of anilines is 2. The molecule has 7 heteroatoms. The maximum atomic E-state index is 12.3. The van der Waals surface area contributed by atoms with Crippen molar-refractivity contribution in [3.8, 4) is 5.69 Å². The number of para-hydroxylation sites is 2. The van der Waals surface area contributed by atoms with E-state index in [0.29, 0.717) is 22.6 Å². The first-order chi connectivity index (χ1) is 10.2. The maximum Gasteiger partial charge on any atom is 0.255 e. The highest BCUT2D eigenvalue weighted by molar-refractivity contribution is 6.05. The first-order valence-electron chi connectivity index (χ1n) is 6.23. The molecule has 0 saturated heterocycles. The van der Waals surface area contributed by atoms with Crippen LogP contribution in [0.3, 0.4) is 0 Å². The molecule has 3 rings (SSSR count). The van der Waals surface area contributed by atoms with Crippen LogP contribution in [0, 0.1) is 0 Å². The Morgan fingerprint density at radius 3 is 2.76 bits per heavy atom. The molecule has 7 nitrogen and oxygen atoms in total. The number of hydrogen-bond donors (Lipinski definition) is 2. The molecule has 3 aromatic rings. The van der Waals surface area contributed by atoms with Gasteiger partial charge in [0.15, 0.2) is 0 Å². The fourth-order valence-electron chi connectivity index (χ4n) is 1.93. The number of rotatable bonds is 3. The molecule has 0 aliphatic heterocycles. The van der Waals surface area contributed by atoms with E-state index in [2.05, 4.69) is 20.8 Å². The molecule has 0 unspecified atom stereocenters. The van der Waals surface area contributed by atoms with Crippen molar-refractivity contribution in [1.82, 2.24) is 20.2 Å². The third-order valence-electron chi connectivity index (χ3n) is 2.90. The van der Waals surface area contributed by atoms with E-state index in [-0.39, 0.29) is 5.91 Å². The van der Waals surface area contributed by atoms with Gasteiger partial charge in [-0.3, -0.25) is 4.79 Å². The van der Waals surface area contributed by atoms with Crippen LogP contribution in [0.5, 0.6) is 0 Å². The van der Waals surface area contributed by atoms with Crippen molar-refractivity contribution in [1.29, 1.82) is 0 Å². The molecule has 0 spiro atoms. The third-order valence-corrected chi connectivity index (χ3v) is 2.90. The van der Waals surface area contributed by atoms with Gasteiger partial charge in [0.1, 0.15) is 6.33 Å². The monoisotopic (exact) mass is 280 g/mol. The van der Waals surface area contributed by atoms with Crippen LogP contribution < -0.4 is 11.1 Å². The van der Waals surface area contributed by atoms with Gasteiger partial charge in [-0.05, 0) is 40.8 Å². The molecule has 0 aliphatic carbocycles. The Hall–Kier alpha value is -3.22. The lowest BCUT2D eigenvalue weighted by atomic mass is 10.2. The Balaban J connectivity index is 1.90. The molecule has 1 aromatic heterocycles. The summed E-state index contributed by atoms with van der Waals surface area (Å²) in [6.45, 7) is 0. The lowest BCUT2D eigenvalue weighted by Gasteiger charge is -2.10. The lowest BCUT2D eigenvalue weighted by Crippen LogP contribution is -2.14. The molecule has 0 saturated carbocycles. The normalized spacial score (nSPS) is 10.3. The summed E-state index contributed by atoms with van der Waals surface area (Å²) >= 11 is 0. The average Bonchev–Trinajstić information content (AvgIpc) is 3.02. The van der Waals surface area contributed by atoms with E-state index in [1.54, 1.807) is 30.3 Å².